The van der Waals surface area contributed by atoms with E-state index in [0.717, 1.165) is 38.5 Å². The van der Waals surface area contributed by atoms with Crippen molar-refractivity contribution in [1.29, 1.82) is 0 Å². The van der Waals surface area contributed by atoms with Crippen molar-refractivity contribution in [2.45, 2.75) is 155 Å². The molecule has 0 aromatic rings. The summed E-state index contributed by atoms with van der Waals surface area (Å²) in [5, 5.41) is 18.7. The normalized spacial score (nSPS) is 12.6. The number of carbonyl (C=O) groups is 4. The van der Waals surface area contributed by atoms with E-state index in [1.54, 1.807) is 0 Å². The molecule has 0 fully saturated rings. The molecule has 8 nitrogen and oxygen atoms in total. The summed E-state index contributed by atoms with van der Waals surface area (Å²) in [4.78, 5) is 48.2. The quantitative estimate of drug-likeness (QED) is 0.0682. The Hall–Kier alpha value is -2.12. The predicted molar refractivity (Wildman–Crippen MR) is 157 cm³/mol. The van der Waals surface area contributed by atoms with E-state index in [-0.39, 0.29) is 13.2 Å². The summed E-state index contributed by atoms with van der Waals surface area (Å²) in [6, 6.07) is 0. The Morgan fingerprint density at radius 1 is 0.500 bits per heavy atom. The van der Waals surface area contributed by atoms with Gasteiger partial charge in [-0.2, -0.15) is 0 Å². The summed E-state index contributed by atoms with van der Waals surface area (Å²) >= 11 is 0. The first kappa shape index (κ1) is 37.9. The predicted octanol–water partition coefficient (Wildman–Crippen LogP) is 8.10. The van der Waals surface area contributed by atoms with Gasteiger partial charge in [0.2, 0.25) is 0 Å². The van der Waals surface area contributed by atoms with Crippen molar-refractivity contribution in [2.75, 3.05) is 13.2 Å². The third-order valence-corrected chi connectivity index (χ3v) is 7.39. The monoisotopic (exact) mass is 570 g/mol. The maximum atomic E-state index is 12.7. The number of esters is 2. The molecule has 0 aliphatic heterocycles. The van der Waals surface area contributed by atoms with Crippen LogP contribution in [0.5, 0.6) is 0 Å². The van der Waals surface area contributed by atoms with Gasteiger partial charge in [0.1, 0.15) is 0 Å². The Labute approximate surface area is 243 Å². The Morgan fingerprint density at radius 2 is 0.875 bits per heavy atom. The highest BCUT2D eigenvalue weighted by atomic mass is 16.5. The van der Waals surface area contributed by atoms with Crippen molar-refractivity contribution < 1.29 is 38.9 Å². The van der Waals surface area contributed by atoms with Crippen LogP contribution >= 0.6 is 0 Å². The summed E-state index contributed by atoms with van der Waals surface area (Å²) in [5.41, 5.74) is 0. The Balaban J connectivity index is 4.40. The summed E-state index contributed by atoms with van der Waals surface area (Å²) in [7, 11) is 0. The molecule has 234 valence electrons. The number of carboxylic acid groups (broad SMARTS) is 2. The minimum absolute atomic E-state index is 0.124. The molecule has 0 aromatic heterocycles. The lowest BCUT2D eigenvalue weighted by Gasteiger charge is -2.21. The molecule has 0 aromatic carbocycles. The van der Waals surface area contributed by atoms with Gasteiger partial charge in [-0.1, -0.05) is 129 Å². The first-order chi connectivity index (χ1) is 19.3. The molecular formula is C32H58O8. The van der Waals surface area contributed by atoms with Crippen molar-refractivity contribution in [1.82, 2.24) is 0 Å². The molecule has 8 heteroatoms. The standard InChI is InChI=1S/C32H58O8/c1-3-5-7-9-11-13-15-17-19-21-23-39-30(35)26-28(27(31(36)37)25-29(33)34)32(38)40-24-22-20-18-16-14-12-10-8-6-4-2/h27-28H,3-26H2,1-2H3,(H,33,34)(H,36,37). The fourth-order valence-corrected chi connectivity index (χ4v) is 4.86. The average Bonchev–Trinajstić information content (AvgIpc) is 2.91. The SMILES string of the molecule is CCCCCCCCCCCCOC(=O)CC(C(=O)OCCCCCCCCCCCC)C(CC(=O)O)C(=O)O. The van der Waals surface area contributed by atoms with Gasteiger partial charge in [-0.15, -0.1) is 0 Å². The maximum Gasteiger partial charge on any atom is 0.310 e. The lowest BCUT2D eigenvalue weighted by molar-refractivity contribution is -0.164. The summed E-state index contributed by atoms with van der Waals surface area (Å²) < 4.78 is 10.6. The average molecular weight is 571 g/mol. The Morgan fingerprint density at radius 3 is 1.25 bits per heavy atom. The number of unbranched alkanes of at least 4 members (excludes halogenated alkanes) is 18. The van der Waals surface area contributed by atoms with Crippen molar-refractivity contribution in [3.63, 3.8) is 0 Å². The number of carboxylic acids is 2. The lowest BCUT2D eigenvalue weighted by atomic mass is 9.87. The molecule has 40 heavy (non-hydrogen) atoms. The third-order valence-electron chi connectivity index (χ3n) is 7.39. The van der Waals surface area contributed by atoms with Crippen LogP contribution in [0, 0.1) is 11.8 Å². The van der Waals surface area contributed by atoms with Crippen LogP contribution in [0.3, 0.4) is 0 Å². The fourth-order valence-electron chi connectivity index (χ4n) is 4.86. The van der Waals surface area contributed by atoms with Crippen molar-refractivity contribution >= 4 is 23.9 Å². The number of hydrogen-bond donors (Lipinski definition) is 2. The first-order valence-electron chi connectivity index (χ1n) is 16.1. The molecule has 2 N–H and O–H groups in total. The van der Waals surface area contributed by atoms with Crippen molar-refractivity contribution in [3.05, 3.63) is 0 Å². The number of hydrogen-bond acceptors (Lipinski definition) is 6. The number of ether oxygens (including phenoxy) is 2. The van der Waals surface area contributed by atoms with Gasteiger partial charge < -0.3 is 19.7 Å². The van der Waals surface area contributed by atoms with E-state index >= 15 is 0 Å². The molecule has 0 rings (SSSR count). The van der Waals surface area contributed by atoms with Gasteiger partial charge in [-0.3, -0.25) is 19.2 Å². The molecule has 0 bridgehead atoms. The fraction of sp³-hybridized carbons (Fsp3) is 0.875. The summed E-state index contributed by atoms with van der Waals surface area (Å²) in [6.45, 7) is 4.74. The lowest BCUT2D eigenvalue weighted by Crippen LogP contribution is -2.35. The molecule has 0 heterocycles. The zero-order chi connectivity index (χ0) is 29.8. The molecule has 2 atom stereocenters. The van der Waals surface area contributed by atoms with Crippen LogP contribution in [0.4, 0.5) is 0 Å². The van der Waals surface area contributed by atoms with Crippen LogP contribution in [0.1, 0.15) is 155 Å². The van der Waals surface area contributed by atoms with E-state index < -0.39 is 48.6 Å². The Kier molecular flexibility index (Phi) is 25.6. The zero-order valence-corrected chi connectivity index (χ0v) is 25.5. The number of rotatable bonds is 29. The van der Waals surface area contributed by atoms with E-state index in [2.05, 4.69) is 13.8 Å². The van der Waals surface area contributed by atoms with Crippen LogP contribution in [0.25, 0.3) is 0 Å². The van der Waals surface area contributed by atoms with Crippen LogP contribution in [0.2, 0.25) is 0 Å². The van der Waals surface area contributed by atoms with Gasteiger partial charge >= 0.3 is 23.9 Å². The van der Waals surface area contributed by atoms with Crippen molar-refractivity contribution in [2.24, 2.45) is 11.8 Å². The Bertz CT molecular complexity index is 663. The van der Waals surface area contributed by atoms with Crippen LogP contribution in [-0.2, 0) is 28.7 Å². The third kappa shape index (κ3) is 22.7. The van der Waals surface area contributed by atoms with Gasteiger partial charge in [-0.05, 0) is 12.8 Å². The van der Waals surface area contributed by atoms with Crippen LogP contribution in [-0.4, -0.2) is 47.3 Å². The van der Waals surface area contributed by atoms with Gasteiger partial charge in [0, 0.05) is 0 Å². The maximum absolute atomic E-state index is 12.7. The van der Waals surface area contributed by atoms with Crippen LogP contribution in [0.15, 0.2) is 0 Å². The van der Waals surface area contributed by atoms with E-state index in [9.17, 15) is 24.3 Å². The second-order valence-corrected chi connectivity index (χ2v) is 11.1. The number of aliphatic carboxylic acids is 2. The second kappa shape index (κ2) is 27.1. The highest BCUT2D eigenvalue weighted by Crippen LogP contribution is 2.23. The topological polar surface area (TPSA) is 127 Å². The minimum Gasteiger partial charge on any atom is -0.481 e. The molecule has 0 radical (unpaired) electrons. The molecule has 2 unspecified atom stereocenters. The zero-order valence-electron chi connectivity index (χ0n) is 25.5. The molecule has 0 aliphatic rings. The van der Waals surface area contributed by atoms with Gasteiger partial charge in [0.15, 0.2) is 0 Å². The van der Waals surface area contributed by atoms with Crippen molar-refractivity contribution in [3.8, 4) is 0 Å². The van der Waals surface area contributed by atoms with Crippen LogP contribution < -0.4 is 0 Å². The molecular weight excluding hydrogens is 512 g/mol. The van der Waals surface area contributed by atoms with E-state index in [1.807, 2.05) is 0 Å². The smallest absolute Gasteiger partial charge is 0.310 e. The minimum atomic E-state index is -1.55. The second-order valence-electron chi connectivity index (χ2n) is 11.1. The number of carbonyl (C=O) groups excluding carboxylic acids is 2. The molecule has 0 saturated carbocycles. The van der Waals surface area contributed by atoms with E-state index in [4.69, 9.17) is 14.6 Å². The van der Waals surface area contributed by atoms with Gasteiger partial charge in [-0.25, -0.2) is 0 Å². The molecule has 0 aliphatic carbocycles. The molecule has 0 amide bonds. The summed E-state index contributed by atoms with van der Waals surface area (Å²) in [6.07, 6.45) is 21.4. The first-order valence-corrected chi connectivity index (χ1v) is 16.1. The van der Waals surface area contributed by atoms with Gasteiger partial charge in [0.25, 0.3) is 0 Å². The van der Waals surface area contributed by atoms with E-state index in [1.165, 1.54) is 77.0 Å². The van der Waals surface area contributed by atoms with Gasteiger partial charge in [0.05, 0.1) is 37.9 Å². The molecule has 0 spiro atoms. The van der Waals surface area contributed by atoms with E-state index in [0.29, 0.717) is 12.8 Å². The highest BCUT2D eigenvalue weighted by molar-refractivity contribution is 5.87. The largest absolute Gasteiger partial charge is 0.481 e. The summed E-state index contributed by atoms with van der Waals surface area (Å²) in [5.74, 6) is -7.28. The molecule has 0 saturated heterocycles. The highest BCUT2D eigenvalue weighted by Gasteiger charge is 2.38.